The molecule has 0 saturated carbocycles. The highest BCUT2D eigenvalue weighted by molar-refractivity contribution is 6.72. The quantitative estimate of drug-likeness (QED) is 0.260. The van der Waals surface area contributed by atoms with Gasteiger partial charge in [0.15, 0.2) is 5.60 Å². The number of nitrogens with one attached hydrogen (secondary N) is 1. The van der Waals surface area contributed by atoms with Gasteiger partial charge in [0.1, 0.15) is 0 Å². The number of aliphatic hydroxyl groups excluding tert-OH is 1. The SMILES string of the molecule is C[C@@H]1[C@@H]([Si](C)(C)F)[C@H](CC(=O)N(CCO)Cc2ccccc2)O[C@@]12C(=O)Nc1ccc(N3C(=O)CCc4ccccc43)cc12. The smallest absolute Gasteiger partial charge is 0.261 e. The van der Waals surface area contributed by atoms with Crippen LogP contribution in [0, 0.1) is 5.92 Å². The van der Waals surface area contributed by atoms with Gasteiger partial charge in [-0.15, -0.1) is 0 Å². The topological polar surface area (TPSA) is 99.2 Å². The molecule has 0 bridgehead atoms. The van der Waals surface area contributed by atoms with Crippen LogP contribution in [0.1, 0.15) is 36.5 Å². The van der Waals surface area contributed by atoms with E-state index in [2.05, 4.69) is 5.32 Å². The molecule has 6 rings (SSSR count). The molecule has 3 amide bonds. The molecule has 4 atom stereocenters. The Labute approximate surface area is 258 Å². The predicted octanol–water partition coefficient (Wildman–Crippen LogP) is 5.44. The van der Waals surface area contributed by atoms with Gasteiger partial charge < -0.3 is 24.2 Å². The molecule has 2 N–H and O–H groups in total. The number of hydrogen-bond donors (Lipinski definition) is 2. The molecule has 3 aliphatic rings. The summed E-state index contributed by atoms with van der Waals surface area (Å²) in [6.07, 6.45) is 0.0550. The molecule has 1 saturated heterocycles. The Hall–Kier alpha value is -3.86. The van der Waals surface area contributed by atoms with Gasteiger partial charge in [-0.25, -0.2) is 0 Å². The van der Waals surface area contributed by atoms with Crippen molar-refractivity contribution in [3.05, 3.63) is 89.5 Å². The lowest BCUT2D eigenvalue weighted by Gasteiger charge is -2.32. The average molecular weight is 616 g/mol. The zero-order valence-corrected chi connectivity index (χ0v) is 26.3. The molecule has 230 valence electrons. The third kappa shape index (κ3) is 5.14. The lowest BCUT2D eigenvalue weighted by molar-refractivity contribution is -0.148. The first-order chi connectivity index (χ1) is 21.0. The van der Waals surface area contributed by atoms with Gasteiger partial charge in [-0.05, 0) is 54.9 Å². The highest BCUT2D eigenvalue weighted by Gasteiger charge is 2.65. The summed E-state index contributed by atoms with van der Waals surface area (Å²) in [5, 5.41) is 12.7. The van der Waals surface area contributed by atoms with Crippen LogP contribution in [-0.2, 0) is 37.7 Å². The molecular weight excluding hydrogens is 577 g/mol. The summed E-state index contributed by atoms with van der Waals surface area (Å²) in [6, 6.07) is 22.6. The van der Waals surface area contributed by atoms with E-state index in [1.54, 1.807) is 35.0 Å². The summed E-state index contributed by atoms with van der Waals surface area (Å²) in [4.78, 5) is 44.0. The number of rotatable bonds is 8. The van der Waals surface area contributed by atoms with Crippen LogP contribution in [-0.4, -0.2) is 55.4 Å². The fourth-order valence-corrected chi connectivity index (χ4v) is 9.92. The summed E-state index contributed by atoms with van der Waals surface area (Å²) in [5.41, 5.74) is 2.32. The largest absolute Gasteiger partial charge is 0.395 e. The van der Waals surface area contributed by atoms with Crippen molar-refractivity contribution >= 4 is 43.2 Å². The second-order valence-electron chi connectivity index (χ2n) is 12.5. The maximum absolute atomic E-state index is 16.2. The van der Waals surface area contributed by atoms with Crippen LogP contribution in [0.2, 0.25) is 18.6 Å². The van der Waals surface area contributed by atoms with Crippen LogP contribution in [0.4, 0.5) is 21.2 Å². The number of para-hydroxylation sites is 1. The Bertz CT molecular complexity index is 1600. The number of amides is 3. The summed E-state index contributed by atoms with van der Waals surface area (Å²) < 4.78 is 22.8. The predicted molar refractivity (Wildman–Crippen MR) is 169 cm³/mol. The molecule has 3 aromatic carbocycles. The maximum Gasteiger partial charge on any atom is 0.261 e. The first kappa shape index (κ1) is 30.2. The van der Waals surface area contributed by atoms with Gasteiger partial charge in [-0.1, -0.05) is 55.5 Å². The van der Waals surface area contributed by atoms with E-state index < -0.39 is 37.5 Å². The number of benzene rings is 3. The number of ether oxygens (including phenoxy) is 1. The van der Waals surface area contributed by atoms with Crippen molar-refractivity contribution in [3.63, 3.8) is 0 Å². The third-order valence-electron chi connectivity index (χ3n) is 9.36. The molecule has 0 radical (unpaired) electrons. The number of halogens is 1. The molecule has 1 fully saturated rings. The minimum absolute atomic E-state index is 0.0450. The molecule has 1 spiro atoms. The fraction of sp³-hybridized carbons (Fsp3) is 0.382. The molecule has 0 aromatic heterocycles. The number of carbonyl (C=O) groups excluding carboxylic acids is 3. The number of aliphatic hydroxyl groups is 1. The molecule has 44 heavy (non-hydrogen) atoms. The molecule has 8 nitrogen and oxygen atoms in total. The lowest BCUT2D eigenvalue weighted by atomic mass is 9.82. The summed E-state index contributed by atoms with van der Waals surface area (Å²) in [6.45, 7) is 5.23. The van der Waals surface area contributed by atoms with Crippen LogP contribution in [0.25, 0.3) is 0 Å². The molecular formula is C34H38FN3O5Si. The van der Waals surface area contributed by atoms with E-state index in [1.165, 1.54) is 0 Å². The van der Waals surface area contributed by atoms with Crippen LogP contribution in [0.5, 0.6) is 0 Å². The monoisotopic (exact) mass is 615 g/mol. The molecule has 0 aliphatic carbocycles. The second kappa shape index (κ2) is 11.6. The third-order valence-corrected chi connectivity index (χ3v) is 11.8. The Morgan fingerprint density at radius 3 is 2.55 bits per heavy atom. The Morgan fingerprint density at radius 1 is 1.09 bits per heavy atom. The molecule has 3 aromatic rings. The van der Waals surface area contributed by atoms with Crippen molar-refractivity contribution in [3.8, 4) is 0 Å². The highest BCUT2D eigenvalue weighted by atomic mass is 28.4. The van der Waals surface area contributed by atoms with E-state index in [0.29, 0.717) is 36.3 Å². The second-order valence-corrected chi connectivity index (χ2v) is 16.3. The summed E-state index contributed by atoms with van der Waals surface area (Å²) in [5.74, 6) is -1.29. The van der Waals surface area contributed by atoms with E-state index in [4.69, 9.17) is 4.74 Å². The highest BCUT2D eigenvalue weighted by Crippen LogP contribution is 2.59. The Kier molecular flexibility index (Phi) is 7.94. The number of hydrogen-bond acceptors (Lipinski definition) is 5. The van der Waals surface area contributed by atoms with Crippen molar-refractivity contribution in [1.82, 2.24) is 4.90 Å². The first-order valence-electron chi connectivity index (χ1n) is 15.2. The van der Waals surface area contributed by atoms with Crippen molar-refractivity contribution in [2.45, 2.75) is 63.1 Å². The normalized spacial score (nSPS) is 24.3. The van der Waals surface area contributed by atoms with Gasteiger partial charge in [0, 0.05) is 47.9 Å². The molecule has 3 aliphatic heterocycles. The number of nitrogens with zero attached hydrogens (tertiary/aromatic N) is 2. The maximum atomic E-state index is 16.2. The van der Waals surface area contributed by atoms with E-state index in [9.17, 15) is 19.5 Å². The van der Waals surface area contributed by atoms with Crippen LogP contribution >= 0.6 is 0 Å². The standard InChI is InChI=1S/C34H38FN3O5Si/c1-22-32(44(2,3)35)29(20-31(41)37(17-18-39)21-23-9-5-4-6-10-23)43-34(22)26-19-25(14-15-27(26)36-33(34)42)38-28-12-8-7-11-24(28)13-16-30(38)40/h4-12,14-15,19,22,29,32,39H,13,16-18,20-21H2,1-3H3,(H,36,42)/t22-,29+,32-,34+/m1/s1. The van der Waals surface area contributed by atoms with Crippen molar-refractivity contribution in [2.75, 3.05) is 23.4 Å². The van der Waals surface area contributed by atoms with Crippen molar-refractivity contribution in [2.24, 2.45) is 5.92 Å². The van der Waals surface area contributed by atoms with E-state index in [0.717, 1.165) is 16.8 Å². The number of anilines is 3. The van der Waals surface area contributed by atoms with Gasteiger partial charge in [0.2, 0.25) is 20.2 Å². The summed E-state index contributed by atoms with van der Waals surface area (Å²) in [7, 11) is -3.48. The van der Waals surface area contributed by atoms with Gasteiger partial charge >= 0.3 is 0 Å². The Morgan fingerprint density at radius 2 is 1.82 bits per heavy atom. The van der Waals surface area contributed by atoms with Gasteiger partial charge in [-0.2, -0.15) is 0 Å². The number of fused-ring (bicyclic) bond motifs is 3. The fourth-order valence-electron chi connectivity index (χ4n) is 7.42. The zero-order chi connectivity index (χ0) is 31.2. The van der Waals surface area contributed by atoms with Gasteiger partial charge in [0.25, 0.3) is 5.91 Å². The minimum Gasteiger partial charge on any atom is -0.395 e. The number of carbonyl (C=O) groups is 3. The van der Waals surface area contributed by atoms with Crippen LogP contribution in [0.15, 0.2) is 72.8 Å². The molecule has 0 unspecified atom stereocenters. The minimum atomic E-state index is -3.48. The average Bonchev–Trinajstić information content (AvgIpc) is 3.45. The van der Waals surface area contributed by atoms with E-state index in [-0.39, 0.29) is 31.4 Å². The van der Waals surface area contributed by atoms with Crippen LogP contribution in [0.3, 0.4) is 0 Å². The Balaban J connectivity index is 1.36. The zero-order valence-electron chi connectivity index (χ0n) is 25.3. The lowest BCUT2D eigenvalue weighted by Crippen LogP contribution is -2.42. The number of aryl methyl sites for hydroxylation is 1. The van der Waals surface area contributed by atoms with Crippen molar-refractivity contribution < 1.29 is 28.3 Å². The van der Waals surface area contributed by atoms with E-state index >= 15 is 4.11 Å². The summed E-state index contributed by atoms with van der Waals surface area (Å²) >= 11 is 0. The first-order valence-corrected chi connectivity index (χ1v) is 18.2. The van der Waals surface area contributed by atoms with E-state index in [1.807, 2.05) is 67.6 Å². The van der Waals surface area contributed by atoms with Gasteiger partial charge in [0.05, 0.1) is 24.8 Å². The van der Waals surface area contributed by atoms with Gasteiger partial charge in [-0.3, -0.25) is 19.3 Å². The van der Waals surface area contributed by atoms with Crippen molar-refractivity contribution in [1.29, 1.82) is 0 Å². The molecule has 3 heterocycles. The van der Waals surface area contributed by atoms with Crippen LogP contribution < -0.4 is 10.2 Å². The molecule has 10 heteroatoms.